The summed E-state index contributed by atoms with van der Waals surface area (Å²) >= 11 is 1.96. The van der Waals surface area contributed by atoms with Crippen molar-refractivity contribution in [1.29, 1.82) is 0 Å². The lowest BCUT2D eigenvalue weighted by atomic mass is 10.0. The number of anilines is 2. The van der Waals surface area contributed by atoms with Gasteiger partial charge in [0.25, 0.3) is 5.91 Å². The maximum absolute atomic E-state index is 14.4. The number of piperazine rings is 1. The number of carbonyl (C=O) groups excluding carboxylic acids is 2. The minimum Gasteiger partial charge on any atom is -0.480 e. The second kappa shape index (κ2) is 9.67. The van der Waals surface area contributed by atoms with Crippen LogP contribution in [0.2, 0.25) is 0 Å². The van der Waals surface area contributed by atoms with Crippen LogP contribution in [0.3, 0.4) is 0 Å². The summed E-state index contributed by atoms with van der Waals surface area (Å²) in [5, 5.41) is 9.01. The second-order valence-electron chi connectivity index (χ2n) is 6.85. The van der Waals surface area contributed by atoms with Gasteiger partial charge in [-0.25, -0.2) is 8.78 Å². The van der Waals surface area contributed by atoms with Crippen LogP contribution < -0.4 is 26.4 Å². The zero-order chi connectivity index (χ0) is 21.8. The van der Waals surface area contributed by atoms with Crippen molar-refractivity contribution in [3.8, 4) is 5.75 Å². The predicted octanol–water partition coefficient (Wildman–Crippen LogP) is 2.31. The van der Waals surface area contributed by atoms with Crippen LogP contribution in [0, 0.1) is 15.2 Å². The van der Waals surface area contributed by atoms with E-state index in [0.29, 0.717) is 16.7 Å². The van der Waals surface area contributed by atoms with Gasteiger partial charge < -0.3 is 26.4 Å². The number of carbonyl (C=O) groups is 2. The molecule has 160 valence electrons. The van der Waals surface area contributed by atoms with E-state index >= 15 is 0 Å². The van der Waals surface area contributed by atoms with E-state index in [2.05, 4.69) is 16.0 Å². The third-order valence-electron chi connectivity index (χ3n) is 4.61. The number of hydrogen-bond acceptors (Lipinski definition) is 6. The van der Waals surface area contributed by atoms with Gasteiger partial charge in [-0.1, -0.05) is 0 Å². The van der Waals surface area contributed by atoms with Gasteiger partial charge in [0.1, 0.15) is 22.9 Å². The summed E-state index contributed by atoms with van der Waals surface area (Å²) in [7, 11) is 0. The first-order valence-electron chi connectivity index (χ1n) is 9.23. The van der Waals surface area contributed by atoms with Crippen molar-refractivity contribution < 1.29 is 23.1 Å². The van der Waals surface area contributed by atoms with Crippen LogP contribution in [0.1, 0.15) is 17.3 Å². The van der Waals surface area contributed by atoms with Crippen molar-refractivity contribution >= 4 is 45.7 Å². The first-order valence-corrected chi connectivity index (χ1v) is 10.3. The van der Waals surface area contributed by atoms with Crippen molar-refractivity contribution in [3.63, 3.8) is 0 Å². The predicted molar refractivity (Wildman–Crippen MR) is 117 cm³/mol. The highest BCUT2D eigenvalue weighted by Crippen LogP contribution is 2.32. The molecule has 1 fully saturated rings. The highest BCUT2D eigenvalue weighted by atomic mass is 127. The van der Waals surface area contributed by atoms with Crippen LogP contribution in [-0.2, 0) is 4.79 Å². The van der Waals surface area contributed by atoms with Crippen molar-refractivity contribution in [1.82, 2.24) is 10.6 Å². The molecule has 0 aromatic heterocycles. The molecule has 1 amide bonds. The Morgan fingerprint density at radius 1 is 1.23 bits per heavy atom. The Bertz CT molecular complexity index is 967. The van der Waals surface area contributed by atoms with Gasteiger partial charge in [0.2, 0.25) is 0 Å². The molecule has 0 aliphatic carbocycles. The Morgan fingerprint density at radius 2 is 2.00 bits per heavy atom. The van der Waals surface area contributed by atoms with E-state index in [0.717, 1.165) is 18.7 Å². The van der Waals surface area contributed by atoms with Crippen molar-refractivity contribution in [2.24, 2.45) is 5.73 Å². The first-order chi connectivity index (χ1) is 14.3. The van der Waals surface area contributed by atoms with E-state index in [4.69, 9.17) is 10.5 Å². The third kappa shape index (κ3) is 5.24. The summed E-state index contributed by atoms with van der Waals surface area (Å²) in [4.78, 5) is 24.4. The number of nitrogens with one attached hydrogen (secondary N) is 3. The van der Waals surface area contributed by atoms with E-state index in [-0.39, 0.29) is 34.5 Å². The summed E-state index contributed by atoms with van der Waals surface area (Å²) in [6.07, 6.45) is -0.972. The number of rotatable bonds is 7. The van der Waals surface area contributed by atoms with Gasteiger partial charge in [0, 0.05) is 29.3 Å². The zero-order valence-corrected chi connectivity index (χ0v) is 18.3. The van der Waals surface area contributed by atoms with Crippen molar-refractivity contribution in [2.75, 3.05) is 25.0 Å². The largest absolute Gasteiger partial charge is 0.480 e. The first kappa shape index (κ1) is 22.4. The van der Waals surface area contributed by atoms with E-state index in [9.17, 15) is 18.4 Å². The van der Waals surface area contributed by atoms with E-state index in [1.54, 1.807) is 6.07 Å². The van der Waals surface area contributed by atoms with Gasteiger partial charge in [-0.05, 0) is 53.8 Å². The number of halogens is 3. The molecule has 2 aromatic rings. The molecular formula is C20H21F2IN4O3. The fraction of sp³-hybridized carbons (Fsp3) is 0.300. The molecule has 0 bridgehead atoms. The number of nitrogens with two attached hydrogens (primary N) is 1. The average molecular weight is 530 g/mol. The zero-order valence-electron chi connectivity index (χ0n) is 16.1. The van der Waals surface area contributed by atoms with Gasteiger partial charge in [-0.3, -0.25) is 9.59 Å². The molecule has 0 saturated carbocycles. The number of amides is 1. The molecule has 30 heavy (non-hydrogen) atoms. The minimum absolute atomic E-state index is 0.0377. The maximum atomic E-state index is 14.4. The Balaban J connectivity index is 1.99. The summed E-state index contributed by atoms with van der Waals surface area (Å²) in [5.41, 5.74) is 5.32. The van der Waals surface area contributed by atoms with Crippen molar-refractivity contribution in [2.45, 2.75) is 19.1 Å². The fourth-order valence-corrected chi connectivity index (χ4v) is 3.69. The molecule has 3 rings (SSSR count). The lowest BCUT2D eigenvalue weighted by molar-refractivity contribution is -0.125. The lowest BCUT2D eigenvalue weighted by Gasteiger charge is -2.31. The molecule has 0 radical (unpaired) electrons. The van der Waals surface area contributed by atoms with Gasteiger partial charge in [-0.2, -0.15) is 0 Å². The van der Waals surface area contributed by atoms with Crippen molar-refractivity contribution in [3.05, 3.63) is 51.1 Å². The number of ether oxygens (including phenoxy) is 1. The molecule has 1 saturated heterocycles. The Hall–Kier alpha value is -2.31. The number of benzene rings is 2. The molecule has 1 heterocycles. The lowest BCUT2D eigenvalue weighted by Crippen LogP contribution is -2.57. The van der Waals surface area contributed by atoms with Crippen LogP contribution in [0.4, 0.5) is 20.2 Å². The second-order valence-corrected chi connectivity index (χ2v) is 8.10. The highest BCUT2D eigenvalue weighted by molar-refractivity contribution is 14.1. The number of Topliss-reactive ketones (excluding diaryl/α,β-unsaturated/α-hetero) is 1. The molecule has 10 heteroatoms. The van der Waals surface area contributed by atoms with Crippen LogP contribution >= 0.6 is 22.6 Å². The van der Waals surface area contributed by atoms with E-state index < -0.39 is 23.6 Å². The highest BCUT2D eigenvalue weighted by Gasteiger charge is 2.31. The summed E-state index contributed by atoms with van der Waals surface area (Å²) in [5.74, 6) is -2.71. The van der Waals surface area contributed by atoms with Crippen LogP contribution in [0.25, 0.3) is 0 Å². The topological polar surface area (TPSA) is 105 Å². The van der Waals surface area contributed by atoms with Crippen LogP contribution in [0.5, 0.6) is 5.75 Å². The molecule has 2 aromatic carbocycles. The molecule has 1 aliphatic heterocycles. The number of hydrogen-bond donors (Lipinski definition) is 4. The Morgan fingerprint density at radius 3 is 2.60 bits per heavy atom. The van der Waals surface area contributed by atoms with Gasteiger partial charge >= 0.3 is 0 Å². The molecule has 1 aliphatic rings. The van der Waals surface area contributed by atoms with E-state index in [1.807, 2.05) is 22.6 Å². The molecule has 5 N–H and O–H groups in total. The number of primary amides is 1. The average Bonchev–Trinajstić information content (AvgIpc) is 2.68. The van der Waals surface area contributed by atoms with Gasteiger partial charge in [0.05, 0.1) is 17.4 Å². The van der Waals surface area contributed by atoms with E-state index in [1.165, 1.54) is 19.1 Å². The monoisotopic (exact) mass is 530 g/mol. The fourth-order valence-electron chi connectivity index (χ4n) is 3.24. The number of ketones is 1. The SMILES string of the molecule is CC(=O)C(Oc1cc(F)cc(Nc2ccc(I)cc2F)c1C(N)=O)C1CNCCN1. The molecule has 2 atom stereocenters. The molecular weight excluding hydrogens is 509 g/mol. The summed E-state index contributed by atoms with van der Waals surface area (Å²) in [6, 6.07) is 6.04. The molecule has 2 unspecified atom stereocenters. The smallest absolute Gasteiger partial charge is 0.254 e. The Kier molecular flexibility index (Phi) is 7.21. The van der Waals surface area contributed by atoms with Gasteiger partial charge in [0.15, 0.2) is 11.9 Å². The summed E-state index contributed by atoms with van der Waals surface area (Å²) in [6.45, 7) is 3.18. The normalized spacial score (nSPS) is 17.3. The molecule has 0 spiro atoms. The maximum Gasteiger partial charge on any atom is 0.254 e. The Labute approximate surface area is 185 Å². The van der Waals surface area contributed by atoms with Crippen LogP contribution in [-0.4, -0.2) is 43.5 Å². The standard InChI is InChI=1S/C20H21F2IN4O3/c1-10(28)19(16-9-25-4-5-26-16)30-17-7-11(21)6-15(18(17)20(24)29)27-14-3-2-12(23)8-13(14)22/h2-3,6-8,16,19,25-27H,4-5,9H2,1H3,(H2,24,29). The minimum atomic E-state index is -0.972. The summed E-state index contributed by atoms with van der Waals surface area (Å²) < 4.78 is 35.1. The molecule has 7 nitrogen and oxygen atoms in total. The van der Waals surface area contributed by atoms with Crippen LogP contribution in [0.15, 0.2) is 30.3 Å². The van der Waals surface area contributed by atoms with Gasteiger partial charge in [-0.15, -0.1) is 0 Å². The quantitative estimate of drug-likeness (QED) is 0.410. The third-order valence-corrected chi connectivity index (χ3v) is 5.28.